The molecule has 0 unspecified atom stereocenters. The molecule has 4 rings (SSSR count). The molecule has 3 aromatic rings. The summed E-state index contributed by atoms with van der Waals surface area (Å²) in [5, 5.41) is 1.67. The maximum atomic E-state index is 14.1. The van der Waals surface area contributed by atoms with Crippen molar-refractivity contribution in [2.75, 3.05) is 0 Å². The number of halogens is 2. The molecule has 0 aliphatic heterocycles. The third-order valence-corrected chi connectivity index (χ3v) is 6.21. The molecule has 0 atom stereocenters. The van der Waals surface area contributed by atoms with Crippen molar-refractivity contribution in [3.63, 3.8) is 0 Å². The van der Waals surface area contributed by atoms with Gasteiger partial charge in [0, 0.05) is 22.4 Å². The molecule has 0 bridgehead atoms. The summed E-state index contributed by atoms with van der Waals surface area (Å²) in [6.07, 6.45) is 4.20. The summed E-state index contributed by atoms with van der Waals surface area (Å²) in [6.45, 7) is 0. The van der Waals surface area contributed by atoms with Crippen LogP contribution in [0.15, 0.2) is 52.4 Å². The van der Waals surface area contributed by atoms with Gasteiger partial charge in [0.1, 0.15) is 5.82 Å². The van der Waals surface area contributed by atoms with E-state index in [0.29, 0.717) is 32.4 Å². The number of para-hydroxylation sites is 1. The fourth-order valence-electron chi connectivity index (χ4n) is 3.52. The van der Waals surface area contributed by atoms with Crippen LogP contribution in [0.3, 0.4) is 0 Å². The zero-order chi connectivity index (χ0) is 18.1. The lowest BCUT2D eigenvalue weighted by Crippen LogP contribution is -2.26. The van der Waals surface area contributed by atoms with Gasteiger partial charge in [0.05, 0.1) is 10.9 Å². The molecule has 0 saturated heterocycles. The van der Waals surface area contributed by atoms with E-state index in [9.17, 15) is 9.18 Å². The summed E-state index contributed by atoms with van der Waals surface area (Å²) in [4.78, 5) is 17.8. The molecule has 1 saturated carbocycles. The Morgan fingerprint density at radius 3 is 2.69 bits per heavy atom. The minimum atomic E-state index is -0.333. The lowest BCUT2D eigenvalue weighted by Gasteiger charge is -2.18. The van der Waals surface area contributed by atoms with E-state index in [1.54, 1.807) is 12.1 Å². The van der Waals surface area contributed by atoms with Gasteiger partial charge in [-0.15, -0.1) is 0 Å². The van der Waals surface area contributed by atoms with Gasteiger partial charge in [-0.2, -0.15) is 0 Å². The molecular weight excluding hydrogens is 371 g/mol. The van der Waals surface area contributed by atoms with Gasteiger partial charge in [0.15, 0.2) is 5.16 Å². The Balaban J connectivity index is 1.77. The summed E-state index contributed by atoms with van der Waals surface area (Å²) < 4.78 is 15.9. The van der Waals surface area contributed by atoms with Crippen LogP contribution < -0.4 is 5.56 Å². The van der Waals surface area contributed by atoms with Crippen molar-refractivity contribution in [1.29, 1.82) is 0 Å². The molecule has 0 N–H and O–H groups in total. The van der Waals surface area contributed by atoms with E-state index in [4.69, 9.17) is 16.6 Å². The van der Waals surface area contributed by atoms with Crippen LogP contribution in [0.4, 0.5) is 4.39 Å². The summed E-state index contributed by atoms with van der Waals surface area (Å²) in [5.74, 6) is 0.00349. The quantitative estimate of drug-likeness (QED) is 0.431. The molecule has 6 heteroatoms. The zero-order valence-electron chi connectivity index (χ0n) is 14.1. The molecule has 1 fully saturated rings. The lowest BCUT2D eigenvalue weighted by molar-refractivity contribution is 0.457. The van der Waals surface area contributed by atoms with Crippen molar-refractivity contribution in [1.82, 2.24) is 9.55 Å². The monoisotopic (exact) mass is 388 g/mol. The van der Waals surface area contributed by atoms with E-state index in [2.05, 4.69) is 0 Å². The van der Waals surface area contributed by atoms with E-state index in [1.165, 1.54) is 17.8 Å². The van der Waals surface area contributed by atoms with E-state index in [1.807, 2.05) is 28.8 Å². The Labute approximate surface area is 160 Å². The molecule has 1 aliphatic carbocycles. The first-order valence-electron chi connectivity index (χ1n) is 8.72. The molecular formula is C20H18ClFN2OS. The number of thioether (sulfide) groups is 1. The molecule has 0 radical (unpaired) electrons. The van der Waals surface area contributed by atoms with Gasteiger partial charge < -0.3 is 0 Å². The van der Waals surface area contributed by atoms with Crippen LogP contribution >= 0.6 is 23.4 Å². The van der Waals surface area contributed by atoms with Crippen LogP contribution in [0.25, 0.3) is 10.9 Å². The summed E-state index contributed by atoms with van der Waals surface area (Å²) in [7, 11) is 0. The Morgan fingerprint density at radius 1 is 1.15 bits per heavy atom. The van der Waals surface area contributed by atoms with E-state index in [0.717, 1.165) is 25.7 Å². The number of hydrogen-bond acceptors (Lipinski definition) is 3. The fourth-order valence-corrected chi connectivity index (χ4v) is 4.93. The number of rotatable bonds is 4. The summed E-state index contributed by atoms with van der Waals surface area (Å²) in [5.41, 5.74) is 1.11. The maximum absolute atomic E-state index is 14.1. The lowest BCUT2D eigenvalue weighted by atomic mass is 10.2. The molecule has 0 amide bonds. The molecule has 0 spiro atoms. The molecule has 1 heterocycles. The SMILES string of the molecule is O=c1c2ccccc2nc(SCc2c(F)cccc2Cl)n1C1CCCC1. The fraction of sp³-hybridized carbons (Fsp3) is 0.300. The van der Waals surface area contributed by atoms with E-state index < -0.39 is 0 Å². The van der Waals surface area contributed by atoms with Crippen LogP contribution in [0, 0.1) is 5.82 Å². The molecule has 134 valence electrons. The van der Waals surface area contributed by atoms with Crippen molar-refractivity contribution < 1.29 is 4.39 Å². The second-order valence-electron chi connectivity index (χ2n) is 6.51. The van der Waals surface area contributed by atoms with Crippen LogP contribution in [-0.2, 0) is 5.75 Å². The molecule has 2 aromatic carbocycles. The van der Waals surface area contributed by atoms with Crippen LogP contribution in [0.2, 0.25) is 5.02 Å². The Morgan fingerprint density at radius 2 is 1.92 bits per heavy atom. The number of hydrogen-bond donors (Lipinski definition) is 0. The maximum Gasteiger partial charge on any atom is 0.262 e. The minimum Gasteiger partial charge on any atom is -0.284 e. The number of aromatic nitrogens is 2. The first-order valence-corrected chi connectivity index (χ1v) is 10.1. The molecule has 1 aliphatic rings. The first-order chi connectivity index (χ1) is 12.6. The Hall–Kier alpha value is -1.85. The van der Waals surface area contributed by atoms with Gasteiger partial charge >= 0.3 is 0 Å². The highest BCUT2D eigenvalue weighted by Crippen LogP contribution is 2.34. The normalized spacial score (nSPS) is 15.0. The summed E-state index contributed by atoms with van der Waals surface area (Å²) in [6, 6.07) is 12.2. The van der Waals surface area contributed by atoms with Gasteiger partial charge in [-0.1, -0.05) is 54.4 Å². The minimum absolute atomic E-state index is 0.00960. The Bertz CT molecular complexity index is 994. The van der Waals surface area contributed by atoms with Crippen LogP contribution in [0.1, 0.15) is 37.3 Å². The van der Waals surface area contributed by atoms with E-state index in [-0.39, 0.29) is 17.4 Å². The predicted molar refractivity (Wildman–Crippen MR) is 104 cm³/mol. The third-order valence-electron chi connectivity index (χ3n) is 4.87. The third kappa shape index (κ3) is 3.26. The average Bonchev–Trinajstić information content (AvgIpc) is 3.15. The van der Waals surface area contributed by atoms with Crippen molar-refractivity contribution in [3.8, 4) is 0 Å². The van der Waals surface area contributed by atoms with Crippen LogP contribution in [0.5, 0.6) is 0 Å². The van der Waals surface area contributed by atoms with Crippen molar-refractivity contribution >= 4 is 34.3 Å². The van der Waals surface area contributed by atoms with Gasteiger partial charge in [-0.25, -0.2) is 9.37 Å². The predicted octanol–water partition coefficient (Wildman–Crippen LogP) is 5.60. The van der Waals surface area contributed by atoms with Crippen molar-refractivity contribution in [2.24, 2.45) is 0 Å². The average molecular weight is 389 g/mol. The topological polar surface area (TPSA) is 34.9 Å². The van der Waals surface area contributed by atoms with Crippen molar-refractivity contribution in [3.05, 3.63) is 69.2 Å². The van der Waals surface area contributed by atoms with Gasteiger partial charge in [0.2, 0.25) is 0 Å². The van der Waals surface area contributed by atoms with Crippen molar-refractivity contribution in [2.45, 2.75) is 42.6 Å². The molecule has 1 aromatic heterocycles. The largest absolute Gasteiger partial charge is 0.284 e. The van der Waals surface area contributed by atoms with E-state index >= 15 is 0 Å². The second kappa shape index (κ2) is 7.41. The highest BCUT2D eigenvalue weighted by atomic mass is 35.5. The standard InChI is InChI=1S/C20H18ClFN2OS/c21-16-9-5-10-17(22)15(16)12-26-20-23-18-11-4-3-8-14(18)19(25)24(20)13-6-1-2-7-13/h3-5,8-11,13H,1-2,6-7,12H2. The highest BCUT2D eigenvalue weighted by molar-refractivity contribution is 7.98. The highest BCUT2D eigenvalue weighted by Gasteiger charge is 2.23. The number of benzene rings is 2. The smallest absolute Gasteiger partial charge is 0.262 e. The van der Waals surface area contributed by atoms with Gasteiger partial charge in [-0.05, 0) is 37.1 Å². The molecule has 3 nitrogen and oxygen atoms in total. The Kier molecular flexibility index (Phi) is 5.00. The van der Waals surface area contributed by atoms with Crippen LogP contribution in [-0.4, -0.2) is 9.55 Å². The summed E-state index contributed by atoms with van der Waals surface area (Å²) >= 11 is 7.52. The zero-order valence-corrected chi connectivity index (χ0v) is 15.7. The number of nitrogens with zero attached hydrogens (tertiary/aromatic N) is 2. The van der Waals surface area contributed by atoms with Gasteiger partial charge in [0.25, 0.3) is 5.56 Å². The first kappa shape index (κ1) is 17.6. The van der Waals surface area contributed by atoms with Gasteiger partial charge in [-0.3, -0.25) is 9.36 Å². The molecule has 26 heavy (non-hydrogen) atoms. The number of fused-ring (bicyclic) bond motifs is 1. The second-order valence-corrected chi connectivity index (χ2v) is 7.86.